The number of nitrogens with one attached hydrogen (secondary N) is 1. The summed E-state index contributed by atoms with van der Waals surface area (Å²) >= 11 is 0. The van der Waals surface area contributed by atoms with Gasteiger partial charge < -0.3 is 10.1 Å². The molecular weight excluding hydrogens is 300 g/mol. The molecule has 1 aromatic rings. The molecule has 0 atom stereocenters. The second-order valence-electron chi connectivity index (χ2n) is 4.81. The lowest BCUT2D eigenvalue weighted by atomic mass is 10.1. The van der Waals surface area contributed by atoms with E-state index < -0.39 is 30.3 Å². The van der Waals surface area contributed by atoms with Crippen molar-refractivity contribution < 1.29 is 23.9 Å². The first-order valence-electron chi connectivity index (χ1n) is 7.03. The molecule has 2 rings (SSSR count). The van der Waals surface area contributed by atoms with Gasteiger partial charge in [-0.3, -0.25) is 24.1 Å². The summed E-state index contributed by atoms with van der Waals surface area (Å²) < 4.78 is 4.77. The van der Waals surface area contributed by atoms with Gasteiger partial charge in [0.2, 0.25) is 0 Å². The molecule has 120 valence electrons. The monoisotopic (exact) mass is 316 g/mol. The number of fused-ring (bicyclic) bond motifs is 1. The van der Waals surface area contributed by atoms with Gasteiger partial charge in [-0.2, -0.15) is 0 Å². The fourth-order valence-corrected chi connectivity index (χ4v) is 2.10. The number of esters is 1. The van der Waals surface area contributed by atoms with E-state index in [-0.39, 0.29) is 19.5 Å². The standard InChI is InChI=1S/C16H16N2O5/c1-2-8-17-13(19)10-23-14(20)7-9-18-15(21)11-5-3-4-6-12(11)16(18)22/h2-6H,1,7-10H2,(H,17,19). The van der Waals surface area contributed by atoms with Crippen LogP contribution in [0.3, 0.4) is 0 Å². The minimum Gasteiger partial charge on any atom is -0.456 e. The molecule has 0 saturated heterocycles. The fraction of sp³-hybridized carbons (Fsp3) is 0.250. The van der Waals surface area contributed by atoms with E-state index in [1.807, 2.05) is 0 Å². The maximum Gasteiger partial charge on any atom is 0.308 e. The number of rotatable bonds is 7. The van der Waals surface area contributed by atoms with E-state index in [1.165, 1.54) is 6.08 Å². The average Bonchev–Trinajstić information content (AvgIpc) is 2.80. The van der Waals surface area contributed by atoms with Crippen LogP contribution in [0.15, 0.2) is 36.9 Å². The van der Waals surface area contributed by atoms with Gasteiger partial charge in [0.15, 0.2) is 6.61 Å². The Balaban J connectivity index is 1.82. The predicted molar refractivity (Wildman–Crippen MR) is 80.6 cm³/mol. The Bertz CT molecular complexity index is 633. The molecule has 0 fully saturated rings. The van der Waals surface area contributed by atoms with Gasteiger partial charge in [-0.05, 0) is 12.1 Å². The summed E-state index contributed by atoms with van der Waals surface area (Å²) in [4.78, 5) is 48.0. The van der Waals surface area contributed by atoms with Gasteiger partial charge in [-0.15, -0.1) is 6.58 Å². The number of nitrogens with zero attached hydrogens (tertiary/aromatic N) is 1. The van der Waals surface area contributed by atoms with E-state index >= 15 is 0 Å². The summed E-state index contributed by atoms with van der Waals surface area (Å²) in [5, 5.41) is 2.46. The van der Waals surface area contributed by atoms with Crippen molar-refractivity contribution in [3.63, 3.8) is 0 Å². The van der Waals surface area contributed by atoms with Crippen LogP contribution in [0.5, 0.6) is 0 Å². The molecule has 1 aliphatic heterocycles. The van der Waals surface area contributed by atoms with E-state index in [4.69, 9.17) is 4.74 Å². The van der Waals surface area contributed by atoms with Crippen LogP contribution in [-0.4, -0.2) is 48.3 Å². The van der Waals surface area contributed by atoms with E-state index in [2.05, 4.69) is 11.9 Å². The molecule has 3 amide bonds. The zero-order valence-electron chi connectivity index (χ0n) is 12.4. The zero-order chi connectivity index (χ0) is 16.8. The fourth-order valence-electron chi connectivity index (χ4n) is 2.10. The zero-order valence-corrected chi connectivity index (χ0v) is 12.4. The van der Waals surface area contributed by atoms with Crippen molar-refractivity contribution in [2.24, 2.45) is 0 Å². The Kier molecular flexibility index (Phi) is 5.24. The van der Waals surface area contributed by atoms with Crippen molar-refractivity contribution in [3.05, 3.63) is 48.0 Å². The van der Waals surface area contributed by atoms with Gasteiger partial charge in [0.1, 0.15) is 0 Å². The van der Waals surface area contributed by atoms with Gasteiger partial charge in [0.05, 0.1) is 17.5 Å². The molecular formula is C16H16N2O5. The highest BCUT2D eigenvalue weighted by Gasteiger charge is 2.35. The molecule has 1 aliphatic rings. The third-order valence-corrected chi connectivity index (χ3v) is 3.23. The van der Waals surface area contributed by atoms with Crippen molar-refractivity contribution in [2.75, 3.05) is 19.7 Å². The molecule has 0 spiro atoms. The minimum absolute atomic E-state index is 0.0839. The highest BCUT2D eigenvalue weighted by atomic mass is 16.5. The lowest BCUT2D eigenvalue weighted by Gasteiger charge is -2.13. The lowest BCUT2D eigenvalue weighted by Crippen LogP contribution is -2.33. The smallest absolute Gasteiger partial charge is 0.308 e. The van der Waals surface area contributed by atoms with Crippen molar-refractivity contribution in [1.29, 1.82) is 0 Å². The average molecular weight is 316 g/mol. The van der Waals surface area contributed by atoms with E-state index in [0.717, 1.165) is 4.90 Å². The van der Waals surface area contributed by atoms with Crippen molar-refractivity contribution in [3.8, 4) is 0 Å². The molecule has 23 heavy (non-hydrogen) atoms. The Hall–Kier alpha value is -2.96. The molecule has 0 bridgehead atoms. The molecule has 7 nitrogen and oxygen atoms in total. The summed E-state index contributed by atoms with van der Waals surface area (Å²) in [5.74, 6) is -1.96. The van der Waals surface area contributed by atoms with E-state index in [9.17, 15) is 19.2 Å². The van der Waals surface area contributed by atoms with Crippen LogP contribution in [-0.2, 0) is 14.3 Å². The summed E-state index contributed by atoms with van der Waals surface area (Å²) in [6.07, 6.45) is 1.34. The van der Waals surface area contributed by atoms with Gasteiger partial charge in [0.25, 0.3) is 17.7 Å². The number of hydrogen-bond acceptors (Lipinski definition) is 5. The molecule has 0 aromatic heterocycles. The van der Waals surface area contributed by atoms with Crippen LogP contribution in [0.2, 0.25) is 0 Å². The van der Waals surface area contributed by atoms with Gasteiger partial charge in [-0.25, -0.2) is 0 Å². The Morgan fingerprint density at radius 2 is 1.78 bits per heavy atom. The summed E-state index contributed by atoms with van der Waals surface area (Å²) in [6, 6.07) is 6.48. The first-order chi connectivity index (χ1) is 11.0. The van der Waals surface area contributed by atoms with Gasteiger partial charge in [-0.1, -0.05) is 18.2 Å². The number of carbonyl (C=O) groups excluding carboxylic acids is 4. The Labute approximate surface area is 132 Å². The normalized spacial score (nSPS) is 12.8. The summed E-state index contributed by atoms with van der Waals surface area (Å²) in [5.41, 5.74) is 0.657. The molecule has 0 aliphatic carbocycles. The second kappa shape index (κ2) is 7.35. The molecule has 0 saturated carbocycles. The summed E-state index contributed by atoms with van der Waals surface area (Å²) in [7, 11) is 0. The molecule has 7 heteroatoms. The number of imide groups is 1. The van der Waals surface area contributed by atoms with E-state index in [1.54, 1.807) is 24.3 Å². The van der Waals surface area contributed by atoms with Gasteiger partial charge in [0, 0.05) is 13.1 Å². The highest BCUT2D eigenvalue weighted by molar-refractivity contribution is 6.21. The third kappa shape index (κ3) is 3.82. The minimum atomic E-state index is -0.657. The quantitative estimate of drug-likeness (QED) is 0.450. The summed E-state index contributed by atoms with van der Waals surface area (Å²) in [6.45, 7) is 3.23. The maximum absolute atomic E-state index is 12.1. The SMILES string of the molecule is C=CCNC(=O)COC(=O)CCN1C(=O)c2ccccc2C1=O. The molecule has 0 unspecified atom stereocenters. The third-order valence-electron chi connectivity index (χ3n) is 3.23. The molecule has 1 aromatic carbocycles. The molecule has 1 heterocycles. The van der Waals surface area contributed by atoms with Crippen molar-refractivity contribution in [2.45, 2.75) is 6.42 Å². The Morgan fingerprint density at radius 3 is 2.35 bits per heavy atom. The van der Waals surface area contributed by atoms with Crippen molar-refractivity contribution >= 4 is 23.7 Å². The largest absolute Gasteiger partial charge is 0.456 e. The number of carbonyl (C=O) groups is 4. The van der Waals surface area contributed by atoms with Crippen molar-refractivity contribution in [1.82, 2.24) is 10.2 Å². The molecule has 1 N–H and O–H groups in total. The number of hydrogen-bond donors (Lipinski definition) is 1. The Morgan fingerprint density at radius 1 is 1.17 bits per heavy atom. The van der Waals surface area contributed by atoms with Crippen LogP contribution in [0.4, 0.5) is 0 Å². The maximum atomic E-state index is 12.1. The first-order valence-corrected chi connectivity index (χ1v) is 7.03. The number of ether oxygens (including phenoxy) is 1. The van der Waals surface area contributed by atoms with Gasteiger partial charge >= 0.3 is 5.97 Å². The first kappa shape index (κ1) is 16.4. The number of benzene rings is 1. The topological polar surface area (TPSA) is 92.8 Å². The molecule has 0 radical (unpaired) electrons. The van der Waals surface area contributed by atoms with Crippen LogP contribution in [0, 0.1) is 0 Å². The van der Waals surface area contributed by atoms with Crippen LogP contribution in [0.25, 0.3) is 0 Å². The number of amides is 3. The second-order valence-corrected chi connectivity index (χ2v) is 4.81. The van der Waals surface area contributed by atoms with E-state index in [0.29, 0.717) is 11.1 Å². The highest BCUT2D eigenvalue weighted by Crippen LogP contribution is 2.22. The predicted octanol–water partition coefficient (Wildman–Crippen LogP) is 0.518. The lowest BCUT2D eigenvalue weighted by molar-refractivity contribution is -0.148. The van der Waals surface area contributed by atoms with Crippen LogP contribution >= 0.6 is 0 Å². The van der Waals surface area contributed by atoms with Crippen LogP contribution in [0.1, 0.15) is 27.1 Å². The van der Waals surface area contributed by atoms with Crippen LogP contribution < -0.4 is 5.32 Å².